The zero-order chi connectivity index (χ0) is 20.6. The SMILES string of the molecule is C[C@@H](OC(=O)c1ccc(OCc2ccccc2)cc1)C(=O)Nc1ccc(Cl)cn1. The van der Waals surface area contributed by atoms with Crippen molar-refractivity contribution in [2.75, 3.05) is 5.32 Å². The Morgan fingerprint density at radius 1 is 1.03 bits per heavy atom. The lowest BCUT2D eigenvalue weighted by Gasteiger charge is -2.13. The van der Waals surface area contributed by atoms with Gasteiger partial charge in [0.25, 0.3) is 5.91 Å². The molecule has 0 saturated carbocycles. The van der Waals surface area contributed by atoms with Crippen LogP contribution >= 0.6 is 11.6 Å². The highest BCUT2D eigenvalue weighted by Gasteiger charge is 2.19. The number of halogens is 1. The summed E-state index contributed by atoms with van der Waals surface area (Å²) in [4.78, 5) is 28.4. The van der Waals surface area contributed by atoms with Crippen molar-refractivity contribution in [1.82, 2.24) is 4.98 Å². The smallest absolute Gasteiger partial charge is 0.338 e. The van der Waals surface area contributed by atoms with Gasteiger partial charge < -0.3 is 14.8 Å². The summed E-state index contributed by atoms with van der Waals surface area (Å²) >= 11 is 5.76. The van der Waals surface area contributed by atoms with Gasteiger partial charge in [0.2, 0.25) is 0 Å². The number of carbonyl (C=O) groups is 2. The number of nitrogens with one attached hydrogen (secondary N) is 1. The van der Waals surface area contributed by atoms with Gasteiger partial charge in [0.15, 0.2) is 6.10 Å². The fourth-order valence-electron chi connectivity index (χ4n) is 2.39. The molecule has 1 aromatic heterocycles. The molecule has 1 heterocycles. The topological polar surface area (TPSA) is 77.5 Å². The minimum atomic E-state index is -0.992. The van der Waals surface area contributed by atoms with E-state index in [9.17, 15) is 9.59 Å². The van der Waals surface area contributed by atoms with Gasteiger partial charge in [0, 0.05) is 6.20 Å². The summed E-state index contributed by atoms with van der Waals surface area (Å²) in [5.74, 6) is -0.144. The van der Waals surface area contributed by atoms with Gasteiger partial charge in [-0.05, 0) is 48.9 Å². The first-order valence-corrected chi connectivity index (χ1v) is 9.29. The Morgan fingerprint density at radius 3 is 2.41 bits per heavy atom. The molecule has 1 amide bonds. The fraction of sp³-hybridized carbons (Fsp3) is 0.136. The molecule has 0 radical (unpaired) electrons. The lowest BCUT2D eigenvalue weighted by molar-refractivity contribution is -0.123. The van der Waals surface area contributed by atoms with Crippen molar-refractivity contribution in [3.05, 3.63) is 89.1 Å². The molecule has 0 spiro atoms. The number of benzene rings is 2. The van der Waals surface area contributed by atoms with Gasteiger partial charge in [-0.15, -0.1) is 0 Å². The molecule has 29 heavy (non-hydrogen) atoms. The van der Waals surface area contributed by atoms with Crippen LogP contribution in [0.4, 0.5) is 5.82 Å². The molecule has 0 unspecified atom stereocenters. The number of hydrogen-bond acceptors (Lipinski definition) is 5. The highest BCUT2D eigenvalue weighted by molar-refractivity contribution is 6.30. The molecule has 0 saturated heterocycles. The van der Waals surface area contributed by atoms with Crippen molar-refractivity contribution in [2.45, 2.75) is 19.6 Å². The van der Waals surface area contributed by atoms with Crippen molar-refractivity contribution in [1.29, 1.82) is 0 Å². The number of aromatic nitrogens is 1. The quantitative estimate of drug-likeness (QED) is 0.580. The first kappa shape index (κ1) is 20.4. The minimum Gasteiger partial charge on any atom is -0.489 e. The van der Waals surface area contributed by atoms with Crippen LogP contribution in [0.3, 0.4) is 0 Å². The van der Waals surface area contributed by atoms with E-state index in [2.05, 4.69) is 10.3 Å². The van der Waals surface area contributed by atoms with E-state index in [1.165, 1.54) is 13.1 Å². The summed E-state index contributed by atoms with van der Waals surface area (Å²) in [6.45, 7) is 1.92. The van der Waals surface area contributed by atoms with Crippen molar-refractivity contribution in [2.24, 2.45) is 0 Å². The average molecular weight is 411 g/mol. The summed E-state index contributed by atoms with van der Waals surface area (Å²) < 4.78 is 10.9. The summed E-state index contributed by atoms with van der Waals surface area (Å²) in [5.41, 5.74) is 1.37. The fourth-order valence-corrected chi connectivity index (χ4v) is 2.50. The molecule has 0 fully saturated rings. The molecule has 0 aliphatic rings. The van der Waals surface area contributed by atoms with E-state index in [-0.39, 0.29) is 0 Å². The number of hydrogen-bond donors (Lipinski definition) is 1. The Bertz CT molecular complexity index is 960. The number of nitrogens with zero attached hydrogens (tertiary/aromatic N) is 1. The molecular formula is C22H19ClN2O4. The zero-order valence-corrected chi connectivity index (χ0v) is 16.4. The highest BCUT2D eigenvalue weighted by atomic mass is 35.5. The predicted molar refractivity (Wildman–Crippen MR) is 110 cm³/mol. The van der Waals surface area contributed by atoms with Crippen molar-refractivity contribution in [3.8, 4) is 5.75 Å². The van der Waals surface area contributed by atoms with Crippen molar-refractivity contribution >= 4 is 29.3 Å². The second kappa shape index (κ2) is 9.71. The number of esters is 1. The summed E-state index contributed by atoms with van der Waals surface area (Å²) in [7, 11) is 0. The lowest BCUT2D eigenvalue weighted by atomic mass is 10.2. The van der Waals surface area contributed by atoms with E-state index >= 15 is 0 Å². The Hall–Kier alpha value is -3.38. The molecule has 0 aliphatic carbocycles. The Kier molecular flexibility index (Phi) is 6.81. The molecule has 1 N–H and O–H groups in total. The summed E-state index contributed by atoms with van der Waals surface area (Å²) in [6, 6.07) is 19.5. The average Bonchev–Trinajstić information content (AvgIpc) is 2.75. The Morgan fingerprint density at radius 2 is 1.76 bits per heavy atom. The number of carbonyl (C=O) groups excluding carboxylic acids is 2. The number of anilines is 1. The van der Waals surface area contributed by atoms with Crippen molar-refractivity contribution in [3.63, 3.8) is 0 Å². The molecule has 3 rings (SSSR count). The van der Waals surface area contributed by atoms with Gasteiger partial charge in [0.1, 0.15) is 18.2 Å². The number of amides is 1. The van der Waals surface area contributed by atoms with Gasteiger partial charge in [-0.1, -0.05) is 41.9 Å². The standard InChI is InChI=1S/C22H19ClN2O4/c1-15(21(26)25-20-12-9-18(23)13-24-20)29-22(27)17-7-10-19(11-8-17)28-14-16-5-3-2-4-6-16/h2-13,15H,14H2,1H3,(H,24,25,26)/t15-/m1/s1. The van der Waals surface area contributed by atoms with Crippen LogP contribution in [0.2, 0.25) is 5.02 Å². The Labute approximate surface area is 173 Å². The number of rotatable bonds is 7. The number of ether oxygens (including phenoxy) is 2. The normalized spacial score (nSPS) is 11.4. The van der Waals surface area contributed by atoms with Gasteiger partial charge in [-0.25, -0.2) is 9.78 Å². The first-order chi connectivity index (χ1) is 14.0. The van der Waals surface area contributed by atoms with Crippen LogP contribution in [0, 0.1) is 0 Å². The first-order valence-electron chi connectivity index (χ1n) is 8.91. The molecular weight excluding hydrogens is 392 g/mol. The third-order valence-corrected chi connectivity index (χ3v) is 4.19. The summed E-state index contributed by atoms with van der Waals surface area (Å²) in [5, 5.41) is 3.02. The van der Waals surface area contributed by atoms with E-state index in [1.54, 1.807) is 36.4 Å². The van der Waals surface area contributed by atoms with Crippen molar-refractivity contribution < 1.29 is 19.1 Å². The molecule has 6 nitrogen and oxygen atoms in total. The van der Waals surface area contributed by atoms with Crippen LogP contribution in [0.15, 0.2) is 72.9 Å². The molecule has 1 atom stereocenters. The van der Waals surface area contributed by atoms with E-state index < -0.39 is 18.0 Å². The maximum atomic E-state index is 12.3. The molecule has 3 aromatic rings. The largest absolute Gasteiger partial charge is 0.489 e. The van der Waals surface area contributed by atoms with Gasteiger partial charge in [0.05, 0.1) is 10.6 Å². The monoisotopic (exact) mass is 410 g/mol. The maximum absolute atomic E-state index is 12.3. The van der Waals surface area contributed by atoms with E-state index in [4.69, 9.17) is 21.1 Å². The molecule has 148 valence electrons. The summed E-state index contributed by atoms with van der Waals surface area (Å²) in [6.07, 6.45) is 0.420. The molecule has 7 heteroatoms. The van der Waals surface area contributed by atoms with Crippen LogP contribution in [-0.4, -0.2) is 23.0 Å². The third-order valence-electron chi connectivity index (χ3n) is 3.97. The molecule has 0 aliphatic heterocycles. The van der Waals surface area contributed by atoms with Gasteiger partial charge in [-0.2, -0.15) is 0 Å². The minimum absolute atomic E-state index is 0.321. The van der Waals surface area contributed by atoms with Crippen LogP contribution < -0.4 is 10.1 Å². The predicted octanol–water partition coefficient (Wildman–Crippen LogP) is 4.50. The van der Waals surface area contributed by atoms with Crippen LogP contribution in [-0.2, 0) is 16.1 Å². The van der Waals surface area contributed by atoms with Gasteiger partial charge >= 0.3 is 5.97 Å². The zero-order valence-electron chi connectivity index (χ0n) is 15.7. The Balaban J connectivity index is 1.51. The highest BCUT2D eigenvalue weighted by Crippen LogP contribution is 2.16. The van der Waals surface area contributed by atoms with Crippen LogP contribution in [0.25, 0.3) is 0 Å². The van der Waals surface area contributed by atoms with Crippen LogP contribution in [0.5, 0.6) is 5.75 Å². The molecule has 2 aromatic carbocycles. The maximum Gasteiger partial charge on any atom is 0.338 e. The lowest BCUT2D eigenvalue weighted by Crippen LogP contribution is -2.30. The second-order valence-corrected chi connectivity index (χ2v) is 6.63. The van der Waals surface area contributed by atoms with Crippen LogP contribution in [0.1, 0.15) is 22.8 Å². The van der Waals surface area contributed by atoms with E-state index in [1.807, 2.05) is 30.3 Å². The molecule has 0 bridgehead atoms. The second-order valence-electron chi connectivity index (χ2n) is 6.20. The third kappa shape index (κ3) is 6.05. The van der Waals surface area contributed by atoms with Gasteiger partial charge in [-0.3, -0.25) is 4.79 Å². The van der Waals surface area contributed by atoms with E-state index in [0.717, 1.165) is 5.56 Å². The van der Waals surface area contributed by atoms with E-state index in [0.29, 0.717) is 28.8 Å². The number of pyridine rings is 1.